The largest absolute Gasteiger partial charge is 0.352 e. The third-order valence-electron chi connectivity index (χ3n) is 6.26. The van der Waals surface area contributed by atoms with Gasteiger partial charge >= 0.3 is 0 Å². The molecule has 4 aromatic rings. The molecule has 0 radical (unpaired) electrons. The van der Waals surface area contributed by atoms with Gasteiger partial charge in [-0.3, -0.25) is 14.6 Å². The first kappa shape index (κ1) is 23.2. The first-order valence-electron chi connectivity index (χ1n) is 11.4. The number of piperidine rings is 1. The first-order valence-corrected chi connectivity index (χ1v) is 12.3. The Bertz CT molecular complexity index is 1430. The van der Waals surface area contributed by atoms with Crippen LogP contribution in [0, 0.1) is 24.5 Å². The van der Waals surface area contributed by atoms with Gasteiger partial charge in [0.25, 0.3) is 5.56 Å². The molecular weight excluding hydrogens is 470 g/mol. The highest BCUT2D eigenvalue weighted by Gasteiger charge is 2.27. The second-order valence-corrected chi connectivity index (χ2v) is 9.74. The third kappa shape index (κ3) is 4.95. The normalized spacial score (nSPS) is 16.0. The molecule has 180 valence electrons. The minimum Gasteiger partial charge on any atom is -0.352 e. The zero-order chi connectivity index (χ0) is 24.5. The number of carbonyl (C=O) groups is 1. The van der Waals surface area contributed by atoms with E-state index in [2.05, 4.69) is 10.3 Å². The second kappa shape index (κ2) is 9.58. The maximum Gasteiger partial charge on any atom is 0.270 e. The van der Waals surface area contributed by atoms with Crippen LogP contribution in [-0.2, 0) is 11.3 Å². The number of aromatic nitrogens is 2. The minimum atomic E-state index is -0.679. The standard InChI is InChI=1S/C26H24F2N4O2S/c1-15-4-6-17(7-5-15)21-14-35-23-22(21)30-26(31-25(23)34)32-8-2-3-18(13-32)24(33)29-12-16-9-19(27)11-20(28)10-16/h4-7,9-11,14,18H,2-3,8,12-13H2,1H3,(H,29,33)(H,30,31,34)/t18-/m1/s1. The monoisotopic (exact) mass is 494 g/mol. The highest BCUT2D eigenvalue weighted by molar-refractivity contribution is 7.17. The van der Waals surface area contributed by atoms with Crippen LogP contribution in [0.1, 0.15) is 24.0 Å². The number of hydrogen-bond acceptors (Lipinski definition) is 5. The van der Waals surface area contributed by atoms with E-state index in [0.717, 1.165) is 29.2 Å². The topological polar surface area (TPSA) is 78.1 Å². The number of nitrogens with zero attached hydrogens (tertiary/aromatic N) is 2. The zero-order valence-corrected chi connectivity index (χ0v) is 19.9. The fourth-order valence-electron chi connectivity index (χ4n) is 4.43. The van der Waals surface area contributed by atoms with E-state index in [9.17, 15) is 18.4 Å². The van der Waals surface area contributed by atoms with Crippen LogP contribution in [0.25, 0.3) is 21.3 Å². The number of aromatic amines is 1. The molecule has 1 aliphatic rings. The summed E-state index contributed by atoms with van der Waals surface area (Å²) in [6.45, 7) is 3.12. The highest BCUT2D eigenvalue weighted by Crippen LogP contribution is 2.32. The molecule has 0 aliphatic carbocycles. The molecule has 9 heteroatoms. The van der Waals surface area contributed by atoms with Crippen molar-refractivity contribution in [3.8, 4) is 11.1 Å². The molecule has 1 saturated heterocycles. The summed E-state index contributed by atoms with van der Waals surface area (Å²) >= 11 is 1.36. The molecule has 35 heavy (non-hydrogen) atoms. The molecule has 1 amide bonds. The molecule has 1 fully saturated rings. The maximum absolute atomic E-state index is 13.4. The molecule has 0 bridgehead atoms. The summed E-state index contributed by atoms with van der Waals surface area (Å²) in [5.41, 5.74) is 3.87. The van der Waals surface area contributed by atoms with Gasteiger partial charge in [-0.15, -0.1) is 11.3 Å². The van der Waals surface area contributed by atoms with Gasteiger partial charge in [0.05, 0.1) is 11.4 Å². The summed E-state index contributed by atoms with van der Waals surface area (Å²) < 4.78 is 27.4. The number of hydrogen-bond donors (Lipinski definition) is 2. The van der Waals surface area contributed by atoms with Gasteiger partial charge in [0.1, 0.15) is 16.3 Å². The Balaban J connectivity index is 1.35. The van der Waals surface area contributed by atoms with E-state index in [0.29, 0.717) is 41.2 Å². The molecule has 0 spiro atoms. The predicted molar refractivity (Wildman–Crippen MR) is 134 cm³/mol. The Morgan fingerprint density at radius 2 is 1.94 bits per heavy atom. The van der Waals surface area contributed by atoms with E-state index in [4.69, 9.17) is 4.98 Å². The maximum atomic E-state index is 13.4. The lowest BCUT2D eigenvalue weighted by Gasteiger charge is -2.32. The van der Waals surface area contributed by atoms with Crippen LogP contribution in [0.2, 0.25) is 0 Å². The molecule has 6 nitrogen and oxygen atoms in total. The summed E-state index contributed by atoms with van der Waals surface area (Å²) in [6.07, 6.45) is 1.43. The Morgan fingerprint density at radius 1 is 1.20 bits per heavy atom. The number of fused-ring (bicyclic) bond motifs is 1. The zero-order valence-electron chi connectivity index (χ0n) is 19.1. The van der Waals surface area contributed by atoms with Crippen molar-refractivity contribution in [3.05, 3.63) is 81.0 Å². The highest BCUT2D eigenvalue weighted by atomic mass is 32.1. The Labute approximate surface area is 204 Å². The van der Waals surface area contributed by atoms with Crippen LogP contribution in [0.5, 0.6) is 0 Å². The van der Waals surface area contributed by atoms with Crippen LogP contribution in [-0.4, -0.2) is 29.0 Å². The summed E-state index contributed by atoms with van der Waals surface area (Å²) in [4.78, 5) is 35.2. The van der Waals surface area contributed by atoms with Gasteiger partial charge < -0.3 is 10.2 Å². The van der Waals surface area contributed by atoms with Crippen molar-refractivity contribution < 1.29 is 13.6 Å². The van der Waals surface area contributed by atoms with Crippen molar-refractivity contribution in [2.24, 2.45) is 5.92 Å². The van der Waals surface area contributed by atoms with Crippen molar-refractivity contribution >= 4 is 33.4 Å². The van der Waals surface area contributed by atoms with Crippen LogP contribution in [0.3, 0.4) is 0 Å². The molecule has 3 heterocycles. The smallest absolute Gasteiger partial charge is 0.270 e. The number of amides is 1. The van der Waals surface area contributed by atoms with Gasteiger partial charge in [-0.2, -0.15) is 0 Å². The lowest BCUT2D eigenvalue weighted by molar-refractivity contribution is -0.125. The van der Waals surface area contributed by atoms with E-state index in [1.807, 2.05) is 41.5 Å². The molecule has 2 aromatic heterocycles. The Hall–Kier alpha value is -3.59. The van der Waals surface area contributed by atoms with Gasteiger partial charge in [0.15, 0.2) is 0 Å². The first-order chi connectivity index (χ1) is 16.9. The molecule has 5 rings (SSSR count). The van der Waals surface area contributed by atoms with Gasteiger partial charge in [0.2, 0.25) is 11.9 Å². The van der Waals surface area contributed by atoms with Crippen LogP contribution >= 0.6 is 11.3 Å². The van der Waals surface area contributed by atoms with Gasteiger partial charge in [-0.25, -0.2) is 13.8 Å². The third-order valence-corrected chi connectivity index (χ3v) is 7.23. The van der Waals surface area contributed by atoms with Crippen LogP contribution in [0.15, 0.2) is 52.6 Å². The van der Waals surface area contributed by atoms with E-state index in [-0.39, 0.29) is 23.9 Å². The summed E-state index contributed by atoms with van der Waals surface area (Å²) in [7, 11) is 0. The van der Waals surface area contributed by atoms with Gasteiger partial charge in [-0.05, 0) is 43.0 Å². The summed E-state index contributed by atoms with van der Waals surface area (Å²) in [6, 6.07) is 11.3. The van der Waals surface area contributed by atoms with Gasteiger partial charge in [0, 0.05) is 36.6 Å². The fraction of sp³-hybridized carbons (Fsp3) is 0.269. The lowest BCUT2D eigenvalue weighted by atomic mass is 9.97. The number of rotatable bonds is 5. The number of benzene rings is 2. The summed E-state index contributed by atoms with van der Waals surface area (Å²) in [5, 5.41) is 4.73. The van der Waals surface area contributed by atoms with Crippen molar-refractivity contribution in [2.45, 2.75) is 26.3 Å². The van der Waals surface area contributed by atoms with E-state index < -0.39 is 11.6 Å². The van der Waals surface area contributed by atoms with Crippen LogP contribution in [0.4, 0.5) is 14.7 Å². The predicted octanol–water partition coefficient (Wildman–Crippen LogP) is 4.77. The summed E-state index contributed by atoms with van der Waals surface area (Å²) in [5.74, 6) is -1.44. The number of aryl methyl sites for hydroxylation is 1. The van der Waals surface area contributed by atoms with Crippen LogP contribution < -0.4 is 15.8 Å². The number of H-pyrrole nitrogens is 1. The number of anilines is 1. The average molecular weight is 495 g/mol. The lowest BCUT2D eigenvalue weighted by Crippen LogP contribution is -2.44. The van der Waals surface area contributed by atoms with Gasteiger partial charge in [-0.1, -0.05) is 29.8 Å². The van der Waals surface area contributed by atoms with Crippen molar-refractivity contribution in [1.29, 1.82) is 0 Å². The molecule has 1 atom stereocenters. The number of carbonyl (C=O) groups excluding carboxylic acids is 1. The number of thiophene rings is 1. The SMILES string of the molecule is Cc1ccc(-c2csc3c(=O)[nH]c(N4CCC[C@@H](C(=O)NCc5cc(F)cc(F)c5)C4)nc23)cc1. The number of nitrogens with one attached hydrogen (secondary N) is 2. The van der Waals surface area contributed by atoms with Crippen molar-refractivity contribution in [1.82, 2.24) is 15.3 Å². The van der Waals surface area contributed by atoms with E-state index in [1.165, 1.54) is 23.5 Å². The van der Waals surface area contributed by atoms with E-state index >= 15 is 0 Å². The van der Waals surface area contributed by atoms with Crippen molar-refractivity contribution in [2.75, 3.05) is 18.0 Å². The number of halogens is 2. The minimum absolute atomic E-state index is 0.0415. The average Bonchev–Trinajstić information content (AvgIpc) is 3.27. The molecule has 0 unspecified atom stereocenters. The Morgan fingerprint density at radius 3 is 2.69 bits per heavy atom. The molecule has 2 N–H and O–H groups in total. The molecular formula is C26H24F2N4O2S. The fourth-order valence-corrected chi connectivity index (χ4v) is 5.34. The molecule has 1 aliphatic heterocycles. The second-order valence-electron chi connectivity index (χ2n) is 8.86. The molecule has 2 aromatic carbocycles. The Kier molecular flexibility index (Phi) is 6.34. The van der Waals surface area contributed by atoms with E-state index in [1.54, 1.807) is 0 Å². The van der Waals surface area contributed by atoms with Crippen molar-refractivity contribution in [3.63, 3.8) is 0 Å². The molecule has 0 saturated carbocycles. The quantitative estimate of drug-likeness (QED) is 0.419.